The summed E-state index contributed by atoms with van der Waals surface area (Å²) in [5.41, 5.74) is 0.479. The van der Waals surface area contributed by atoms with Gasteiger partial charge in [-0.2, -0.15) is 11.8 Å². The maximum Gasteiger partial charge on any atom is 0.194 e. The molecular formula is C18H35N3OS. The Labute approximate surface area is 146 Å². The molecule has 2 aliphatic rings. The molecule has 0 unspecified atom stereocenters. The highest BCUT2D eigenvalue weighted by atomic mass is 32.2. The van der Waals surface area contributed by atoms with Gasteiger partial charge in [-0.05, 0) is 39.4 Å². The van der Waals surface area contributed by atoms with Crippen LogP contribution < -0.4 is 5.32 Å². The minimum Gasteiger partial charge on any atom is -0.381 e. The lowest BCUT2D eigenvalue weighted by molar-refractivity contribution is -0.0668. The molecule has 0 aromatic carbocycles. The number of guanidine groups is 1. The minimum atomic E-state index is 0.148. The summed E-state index contributed by atoms with van der Waals surface area (Å²) in [5, 5.41) is 3.51. The molecule has 0 atom stereocenters. The average molecular weight is 342 g/mol. The fourth-order valence-corrected chi connectivity index (χ4v) is 4.64. The van der Waals surface area contributed by atoms with E-state index in [9.17, 15) is 0 Å². The van der Waals surface area contributed by atoms with Crippen LogP contribution in [-0.2, 0) is 4.74 Å². The SMILES string of the molecule is CCNC(=NCC1(SCC)CCOCC1)N1CC(C)(C)C1(C)C. The normalized spacial score (nSPS) is 25.8. The molecule has 2 fully saturated rings. The van der Waals surface area contributed by atoms with E-state index in [1.807, 2.05) is 0 Å². The first-order valence-electron chi connectivity index (χ1n) is 9.06. The Kier molecular flexibility index (Phi) is 5.94. The van der Waals surface area contributed by atoms with Crippen molar-refractivity contribution in [3.63, 3.8) is 0 Å². The van der Waals surface area contributed by atoms with Gasteiger partial charge in [0.1, 0.15) is 0 Å². The summed E-state index contributed by atoms with van der Waals surface area (Å²) in [6.07, 6.45) is 2.23. The van der Waals surface area contributed by atoms with E-state index in [1.165, 1.54) is 0 Å². The Balaban J connectivity index is 2.12. The second-order valence-electron chi connectivity index (χ2n) is 7.93. The average Bonchev–Trinajstić information content (AvgIpc) is 2.51. The van der Waals surface area contributed by atoms with Crippen molar-refractivity contribution in [2.75, 3.05) is 38.6 Å². The summed E-state index contributed by atoms with van der Waals surface area (Å²) in [4.78, 5) is 7.51. The summed E-state index contributed by atoms with van der Waals surface area (Å²) in [6, 6.07) is 0. The maximum absolute atomic E-state index is 5.58. The Bertz CT molecular complexity index is 422. The van der Waals surface area contributed by atoms with Gasteiger partial charge in [-0.3, -0.25) is 4.99 Å². The molecule has 2 saturated heterocycles. The lowest BCUT2D eigenvalue weighted by Gasteiger charge is -2.62. The van der Waals surface area contributed by atoms with Crippen molar-refractivity contribution in [2.45, 2.75) is 64.7 Å². The lowest BCUT2D eigenvalue weighted by atomic mass is 9.65. The standard InChI is InChI=1S/C18H35N3OS/c1-7-19-15(21-14-16(3,4)17(21,5)6)20-13-18(23-8-2)9-11-22-12-10-18/h7-14H2,1-6H3,(H,19,20). The van der Waals surface area contributed by atoms with E-state index in [0.29, 0.717) is 5.41 Å². The fourth-order valence-electron chi connectivity index (χ4n) is 3.41. The Morgan fingerprint density at radius 1 is 1.17 bits per heavy atom. The zero-order valence-corrected chi connectivity index (χ0v) is 16.7. The molecule has 0 aliphatic carbocycles. The Morgan fingerprint density at radius 2 is 1.83 bits per heavy atom. The summed E-state index contributed by atoms with van der Waals surface area (Å²) in [7, 11) is 0. The van der Waals surface area contributed by atoms with Crippen LogP contribution in [0.2, 0.25) is 0 Å². The molecule has 0 aromatic rings. The fraction of sp³-hybridized carbons (Fsp3) is 0.944. The first kappa shape index (κ1) is 18.9. The van der Waals surface area contributed by atoms with Gasteiger partial charge in [0.05, 0.1) is 6.54 Å². The van der Waals surface area contributed by atoms with E-state index < -0.39 is 0 Å². The molecule has 0 saturated carbocycles. The van der Waals surface area contributed by atoms with Crippen molar-refractivity contribution in [3.05, 3.63) is 0 Å². The summed E-state index contributed by atoms with van der Waals surface area (Å²) in [5.74, 6) is 2.23. The van der Waals surface area contributed by atoms with Gasteiger partial charge in [0.2, 0.25) is 0 Å². The van der Waals surface area contributed by atoms with Crippen molar-refractivity contribution in [2.24, 2.45) is 10.4 Å². The van der Waals surface area contributed by atoms with Crippen LogP contribution in [0, 0.1) is 5.41 Å². The number of rotatable bonds is 5. The zero-order chi connectivity index (χ0) is 17.1. The molecule has 0 aromatic heterocycles. The predicted molar refractivity (Wildman–Crippen MR) is 101 cm³/mol. The van der Waals surface area contributed by atoms with Gasteiger partial charge in [-0.1, -0.05) is 20.8 Å². The van der Waals surface area contributed by atoms with Crippen molar-refractivity contribution in [3.8, 4) is 0 Å². The predicted octanol–water partition coefficient (Wildman–Crippen LogP) is 3.37. The monoisotopic (exact) mass is 341 g/mol. The molecule has 2 rings (SSSR count). The lowest BCUT2D eigenvalue weighted by Crippen LogP contribution is -2.72. The number of likely N-dealkylation sites (tertiary alicyclic amines) is 1. The summed E-state index contributed by atoms with van der Waals surface area (Å²) in [6.45, 7) is 18.4. The quantitative estimate of drug-likeness (QED) is 0.614. The molecular weight excluding hydrogens is 306 g/mol. The highest BCUT2D eigenvalue weighted by Gasteiger charge is 2.53. The molecule has 0 bridgehead atoms. The Morgan fingerprint density at radius 3 is 2.30 bits per heavy atom. The first-order valence-corrected chi connectivity index (χ1v) is 10.0. The van der Waals surface area contributed by atoms with Gasteiger partial charge in [-0.15, -0.1) is 0 Å². The molecule has 2 heterocycles. The number of ether oxygens (including phenoxy) is 1. The second kappa shape index (κ2) is 7.22. The van der Waals surface area contributed by atoms with Crippen LogP contribution in [0.4, 0.5) is 0 Å². The van der Waals surface area contributed by atoms with E-state index in [-0.39, 0.29) is 10.3 Å². The molecule has 0 radical (unpaired) electrons. The van der Waals surface area contributed by atoms with Crippen LogP contribution in [0.1, 0.15) is 54.4 Å². The molecule has 23 heavy (non-hydrogen) atoms. The van der Waals surface area contributed by atoms with E-state index in [1.54, 1.807) is 0 Å². The molecule has 1 N–H and O–H groups in total. The second-order valence-corrected chi connectivity index (χ2v) is 9.66. The number of hydrogen-bond acceptors (Lipinski definition) is 3. The van der Waals surface area contributed by atoms with Gasteiger partial charge in [0, 0.05) is 42.0 Å². The van der Waals surface area contributed by atoms with Crippen molar-refractivity contribution in [1.82, 2.24) is 10.2 Å². The van der Waals surface area contributed by atoms with Gasteiger partial charge in [0.25, 0.3) is 0 Å². The van der Waals surface area contributed by atoms with Crippen molar-refractivity contribution >= 4 is 17.7 Å². The maximum atomic E-state index is 5.58. The van der Waals surface area contributed by atoms with Crippen LogP contribution in [0.25, 0.3) is 0 Å². The third-order valence-electron chi connectivity index (χ3n) is 5.85. The van der Waals surface area contributed by atoms with Crippen LogP contribution in [0.15, 0.2) is 4.99 Å². The number of nitrogens with zero attached hydrogens (tertiary/aromatic N) is 2. The molecule has 5 heteroatoms. The zero-order valence-electron chi connectivity index (χ0n) is 15.9. The van der Waals surface area contributed by atoms with Crippen LogP contribution in [0.3, 0.4) is 0 Å². The number of aliphatic imine (C=N–C) groups is 1. The highest BCUT2D eigenvalue weighted by Crippen LogP contribution is 2.46. The van der Waals surface area contributed by atoms with Crippen molar-refractivity contribution < 1.29 is 4.74 Å². The third kappa shape index (κ3) is 3.81. The minimum absolute atomic E-state index is 0.148. The molecule has 4 nitrogen and oxygen atoms in total. The first-order chi connectivity index (χ1) is 10.8. The van der Waals surface area contributed by atoms with Gasteiger partial charge in [-0.25, -0.2) is 0 Å². The molecule has 0 amide bonds. The topological polar surface area (TPSA) is 36.9 Å². The highest BCUT2D eigenvalue weighted by molar-refractivity contribution is 8.00. The van der Waals surface area contributed by atoms with Crippen LogP contribution in [-0.4, -0.2) is 59.7 Å². The molecule has 134 valence electrons. The van der Waals surface area contributed by atoms with E-state index >= 15 is 0 Å². The number of thioether (sulfide) groups is 1. The van der Waals surface area contributed by atoms with Crippen LogP contribution >= 0.6 is 11.8 Å². The van der Waals surface area contributed by atoms with Crippen molar-refractivity contribution in [1.29, 1.82) is 0 Å². The summed E-state index contributed by atoms with van der Waals surface area (Å²) < 4.78 is 5.84. The third-order valence-corrected chi connectivity index (χ3v) is 7.28. The number of hydrogen-bond donors (Lipinski definition) is 1. The van der Waals surface area contributed by atoms with E-state index in [2.05, 4.69) is 63.5 Å². The molecule has 0 spiro atoms. The van der Waals surface area contributed by atoms with E-state index in [4.69, 9.17) is 9.73 Å². The largest absolute Gasteiger partial charge is 0.381 e. The number of nitrogens with one attached hydrogen (secondary N) is 1. The Hall–Kier alpha value is -0.420. The smallest absolute Gasteiger partial charge is 0.194 e. The van der Waals surface area contributed by atoms with Gasteiger partial charge >= 0.3 is 0 Å². The van der Waals surface area contributed by atoms with E-state index in [0.717, 1.165) is 57.4 Å². The molecule has 2 aliphatic heterocycles. The van der Waals surface area contributed by atoms with Gasteiger partial charge in [0.15, 0.2) is 5.96 Å². The van der Waals surface area contributed by atoms with Crippen LogP contribution in [0.5, 0.6) is 0 Å². The summed E-state index contributed by atoms with van der Waals surface area (Å²) >= 11 is 2.06. The van der Waals surface area contributed by atoms with Gasteiger partial charge < -0.3 is 15.0 Å².